The molecule has 3 nitrogen and oxygen atoms in total. The second-order valence-electron chi connectivity index (χ2n) is 4.39. The molecule has 1 saturated heterocycles. The van der Waals surface area contributed by atoms with Crippen LogP contribution in [0.4, 0.5) is 4.39 Å². The maximum absolute atomic E-state index is 13.3. The summed E-state index contributed by atoms with van der Waals surface area (Å²) < 4.78 is 24.8. The van der Waals surface area contributed by atoms with Gasteiger partial charge in [0.1, 0.15) is 18.2 Å². The van der Waals surface area contributed by atoms with Crippen LogP contribution in [0.25, 0.3) is 0 Å². The van der Waals surface area contributed by atoms with Crippen molar-refractivity contribution >= 4 is 27.5 Å². The second kappa shape index (κ2) is 7.43. The lowest BCUT2D eigenvalue weighted by Crippen LogP contribution is -2.37. The Labute approximate surface area is 125 Å². The first-order valence-corrected chi connectivity index (χ1v) is 7.42. The zero-order valence-electron chi connectivity index (χ0n) is 10.4. The molecular weight excluding hydrogens is 337 g/mol. The number of hydrogen-bond acceptors (Lipinski definition) is 3. The van der Waals surface area contributed by atoms with Crippen LogP contribution in [0, 0.1) is 5.82 Å². The van der Waals surface area contributed by atoms with Gasteiger partial charge < -0.3 is 14.8 Å². The van der Waals surface area contributed by atoms with E-state index in [1.54, 1.807) is 0 Å². The molecule has 0 spiro atoms. The monoisotopic (exact) mass is 351 g/mol. The molecule has 0 aromatic heterocycles. The zero-order chi connectivity index (χ0) is 13.7. The van der Waals surface area contributed by atoms with E-state index in [9.17, 15) is 4.39 Å². The van der Waals surface area contributed by atoms with Crippen molar-refractivity contribution in [1.29, 1.82) is 0 Å². The minimum atomic E-state index is -0.475. The number of rotatable bonds is 5. The van der Waals surface area contributed by atoms with Crippen molar-refractivity contribution in [3.8, 4) is 5.75 Å². The number of benzene rings is 1. The van der Waals surface area contributed by atoms with Gasteiger partial charge in [-0.25, -0.2) is 4.39 Å². The average molecular weight is 353 g/mol. The molecule has 1 fully saturated rings. The third kappa shape index (κ3) is 4.60. The smallest absolute Gasteiger partial charge is 0.145 e. The molecular formula is C13H16BrClFNO2. The Kier molecular flexibility index (Phi) is 5.88. The number of hydrogen-bond donors (Lipinski definition) is 1. The predicted molar refractivity (Wildman–Crippen MR) is 76.4 cm³/mol. The summed E-state index contributed by atoms with van der Waals surface area (Å²) in [6.45, 7) is 2.83. The van der Waals surface area contributed by atoms with E-state index in [2.05, 4.69) is 21.2 Å². The van der Waals surface area contributed by atoms with Gasteiger partial charge in [-0.15, -0.1) is 0 Å². The molecule has 106 valence electrons. The fraction of sp³-hybridized carbons (Fsp3) is 0.538. The first-order chi connectivity index (χ1) is 9.16. The Hall–Kier alpha value is -0.360. The van der Waals surface area contributed by atoms with Crippen molar-refractivity contribution < 1.29 is 13.9 Å². The first-order valence-electron chi connectivity index (χ1n) is 6.25. The lowest BCUT2D eigenvalue weighted by Gasteiger charge is -2.23. The van der Waals surface area contributed by atoms with Gasteiger partial charge in [0.2, 0.25) is 0 Å². The van der Waals surface area contributed by atoms with Crippen molar-refractivity contribution in [3.05, 3.63) is 27.4 Å². The van der Waals surface area contributed by atoms with Gasteiger partial charge in [-0.2, -0.15) is 0 Å². The highest BCUT2D eigenvalue weighted by atomic mass is 79.9. The highest BCUT2D eigenvalue weighted by molar-refractivity contribution is 9.10. The molecule has 0 amide bonds. The molecule has 0 unspecified atom stereocenters. The molecule has 1 aliphatic heterocycles. The van der Waals surface area contributed by atoms with Crippen LogP contribution >= 0.6 is 27.5 Å². The van der Waals surface area contributed by atoms with Crippen LogP contribution < -0.4 is 10.1 Å². The molecule has 6 heteroatoms. The van der Waals surface area contributed by atoms with E-state index in [0.717, 1.165) is 32.6 Å². The highest BCUT2D eigenvalue weighted by Gasteiger charge is 2.12. The van der Waals surface area contributed by atoms with E-state index < -0.39 is 5.82 Å². The Morgan fingerprint density at radius 1 is 1.42 bits per heavy atom. The summed E-state index contributed by atoms with van der Waals surface area (Å²) in [6, 6.07) is 3.28. The molecule has 0 atom stereocenters. The SMILES string of the molecule is Fc1cc(OCCNC2CCOCC2)c(Br)cc1Cl. The minimum Gasteiger partial charge on any atom is -0.491 e. The molecule has 2 rings (SSSR count). The van der Waals surface area contributed by atoms with Gasteiger partial charge in [-0.3, -0.25) is 0 Å². The normalized spacial score (nSPS) is 16.6. The summed E-state index contributed by atoms with van der Waals surface area (Å²) >= 11 is 8.96. The van der Waals surface area contributed by atoms with Gasteiger partial charge in [-0.05, 0) is 34.8 Å². The first kappa shape index (κ1) is 15.0. The molecule has 0 saturated carbocycles. The Bertz CT molecular complexity index is 427. The van der Waals surface area contributed by atoms with Gasteiger partial charge in [0.05, 0.1) is 9.50 Å². The summed E-state index contributed by atoms with van der Waals surface area (Å²) in [5.41, 5.74) is 0. The van der Waals surface area contributed by atoms with Crippen molar-refractivity contribution in [1.82, 2.24) is 5.32 Å². The summed E-state index contributed by atoms with van der Waals surface area (Å²) in [4.78, 5) is 0. The molecule has 0 bridgehead atoms. The van der Waals surface area contributed by atoms with E-state index in [1.165, 1.54) is 12.1 Å². The highest BCUT2D eigenvalue weighted by Crippen LogP contribution is 2.30. The van der Waals surface area contributed by atoms with Crippen LogP contribution in [0.15, 0.2) is 16.6 Å². The third-order valence-corrected chi connectivity index (χ3v) is 3.90. The van der Waals surface area contributed by atoms with Gasteiger partial charge in [0.25, 0.3) is 0 Å². The van der Waals surface area contributed by atoms with Crippen LogP contribution in [0.2, 0.25) is 5.02 Å². The fourth-order valence-corrected chi connectivity index (χ4v) is 2.69. The van der Waals surface area contributed by atoms with Crippen LogP contribution in [0.1, 0.15) is 12.8 Å². The topological polar surface area (TPSA) is 30.5 Å². The van der Waals surface area contributed by atoms with Gasteiger partial charge in [0.15, 0.2) is 0 Å². The van der Waals surface area contributed by atoms with Gasteiger partial charge in [0, 0.05) is 31.9 Å². The Morgan fingerprint density at radius 2 is 2.16 bits per heavy atom. The summed E-state index contributed by atoms with van der Waals surface area (Å²) in [6.07, 6.45) is 2.05. The quantitative estimate of drug-likeness (QED) is 0.651. The van der Waals surface area contributed by atoms with Gasteiger partial charge >= 0.3 is 0 Å². The summed E-state index contributed by atoms with van der Waals surface area (Å²) in [5.74, 6) is -0.00654. The average Bonchev–Trinajstić information content (AvgIpc) is 2.41. The van der Waals surface area contributed by atoms with Crippen LogP contribution in [0.5, 0.6) is 5.75 Å². The van der Waals surface area contributed by atoms with Crippen molar-refractivity contribution in [2.24, 2.45) is 0 Å². The summed E-state index contributed by atoms with van der Waals surface area (Å²) in [7, 11) is 0. The van der Waals surface area contributed by atoms with Gasteiger partial charge in [-0.1, -0.05) is 11.6 Å². The molecule has 1 heterocycles. The molecule has 1 N–H and O–H groups in total. The molecule has 0 aliphatic carbocycles. The van der Waals surface area contributed by atoms with Crippen LogP contribution in [-0.2, 0) is 4.74 Å². The second-order valence-corrected chi connectivity index (χ2v) is 5.65. The zero-order valence-corrected chi connectivity index (χ0v) is 12.8. The maximum atomic E-state index is 13.3. The maximum Gasteiger partial charge on any atom is 0.145 e. The number of ether oxygens (including phenoxy) is 2. The lowest BCUT2D eigenvalue weighted by atomic mass is 10.1. The third-order valence-electron chi connectivity index (χ3n) is 2.99. The number of halogens is 3. The molecule has 19 heavy (non-hydrogen) atoms. The van der Waals surface area contributed by atoms with E-state index in [1.807, 2.05) is 0 Å². The molecule has 0 radical (unpaired) electrons. The fourth-order valence-electron chi connectivity index (χ4n) is 1.94. The Morgan fingerprint density at radius 3 is 2.89 bits per heavy atom. The van der Waals surface area contributed by atoms with Crippen molar-refractivity contribution in [2.45, 2.75) is 18.9 Å². The molecule has 1 aliphatic rings. The standard InChI is InChI=1S/C13H16BrClFNO2/c14-10-7-11(15)12(16)8-13(10)19-6-3-17-9-1-4-18-5-2-9/h7-9,17H,1-6H2. The van der Waals surface area contributed by atoms with E-state index in [4.69, 9.17) is 21.1 Å². The lowest BCUT2D eigenvalue weighted by molar-refractivity contribution is 0.0770. The van der Waals surface area contributed by atoms with Crippen LogP contribution in [0.3, 0.4) is 0 Å². The summed E-state index contributed by atoms with van der Waals surface area (Å²) in [5, 5.41) is 3.48. The largest absolute Gasteiger partial charge is 0.491 e. The van der Waals surface area contributed by atoms with Crippen molar-refractivity contribution in [3.63, 3.8) is 0 Å². The van der Waals surface area contributed by atoms with E-state index in [-0.39, 0.29) is 5.02 Å². The van der Waals surface area contributed by atoms with E-state index >= 15 is 0 Å². The van der Waals surface area contributed by atoms with Crippen molar-refractivity contribution in [2.75, 3.05) is 26.4 Å². The van der Waals surface area contributed by atoms with Crippen LogP contribution in [-0.4, -0.2) is 32.4 Å². The van der Waals surface area contributed by atoms with E-state index in [0.29, 0.717) is 22.9 Å². The predicted octanol–water partition coefficient (Wildman–Crippen LogP) is 3.39. The molecule has 1 aromatic carbocycles. The minimum absolute atomic E-state index is 0.0829. The molecule has 1 aromatic rings. The Balaban J connectivity index is 1.74. The number of nitrogens with one attached hydrogen (secondary N) is 1.